The van der Waals surface area contributed by atoms with Gasteiger partial charge < -0.3 is 9.47 Å². The van der Waals surface area contributed by atoms with Gasteiger partial charge in [-0.05, 0) is 31.7 Å². The lowest BCUT2D eigenvalue weighted by atomic mass is 9.97. The van der Waals surface area contributed by atoms with Crippen LogP contribution in [0.4, 0.5) is 11.5 Å². The van der Waals surface area contributed by atoms with E-state index in [9.17, 15) is 10.1 Å². The molecule has 2 aromatic rings. The van der Waals surface area contributed by atoms with E-state index in [0.717, 1.165) is 44.0 Å². The first-order valence-electron chi connectivity index (χ1n) is 9.00. The van der Waals surface area contributed by atoms with Crippen molar-refractivity contribution in [3.8, 4) is 0 Å². The van der Waals surface area contributed by atoms with Gasteiger partial charge in [-0.25, -0.2) is 4.98 Å². The van der Waals surface area contributed by atoms with Gasteiger partial charge in [0.1, 0.15) is 11.6 Å². The van der Waals surface area contributed by atoms with E-state index in [1.807, 2.05) is 4.90 Å². The molecule has 8 nitrogen and oxygen atoms in total. The normalized spacial score (nSPS) is 20.8. The minimum atomic E-state index is -0.352. The summed E-state index contributed by atoms with van der Waals surface area (Å²) >= 11 is 0. The smallest absolute Gasteiger partial charge is 0.311 e. The number of piperidine rings is 1. The molecule has 2 aliphatic rings. The SMILES string of the molecule is O=[N+]([O-])c1cccnc1N1CCC[C@H](c2nnc3n2CCCCC3)C1. The monoisotopic (exact) mass is 342 g/mol. The molecule has 25 heavy (non-hydrogen) atoms. The molecule has 1 saturated heterocycles. The van der Waals surface area contributed by atoms with Crippen LogP contribution in [0, 0.1) is 10.1 Å². The van der Waals surface area contributed by atoms with Gasteiger partial charge in [0.05, 0.1) is 4.92 Å². The van der Waals surface area contributed by atoms with E-state index in [0.29, 0.717) is 12.4 Å². The highest BCUT2D eigenvalue weighted by Gasteiger charge is 2.30. The Balaban J connectivity index is 1.60. The maximum atomic E-state index is 11.3. The standard InChI is InChI=1S/C17H22N6O2/c24-23(25)14-7-4-9-18-17(14)21-10-5-6-13(12-21)16-20-19-15-8-2-1-3-11-22(15)16/h4,7,9,13H,1-3,5-6,8,10-12H2/t13-/m0/s1. The summed E-state index contributed by atoms with van der Waals surface area (Å²) in [7, 11) is 0. The summed E-state index contributed by atoms with van der Waals surface area (Å²) in [6.45, 7) is 2.48. The molecule has 0 aliphatic carbocycles. The van der Waals surface area contributed by atoms with Crippen LogP contribution >= 0.6 is 0 Å². The van der Waals surface area contributed by atoms with Crippen LogP contribution in [0.1, 0.15) is 49.7 Å². The Morgan fingerprint density at radius 3 is 2.96 bits per heavy atom. The van der Waals surface area contributed by atoms with Gasteiger partial charge in [-0.2, -0.15) is 0 Å². The average molecular weight is 342 g/mol. The molecule has 0 aromatic carbocycles. The quantitative estimate of drug-likeness (QED) is 0.629. The largest absolute Gasteiger partial charge is 0.350 e. The molecule has 0 amide bonds. The van der Waals surface area contributed by atoms with Gasteiger partial charge in [0.15, 0.2) is 0 Å². The number of nitrogens with zero attached hydrogens (tertiary/aromatic N) is 6. The predicted molar refractivity (Wildman–Crippen MR) is 92.7 cm³/mol. The number of aromatic nitrogens is 4. The van der Waals surface area contributed by atoms with Crippen LogP contribution in [0.2, 0.25) is 0 Å². The van der Waals surface area contributed by atoms with Crippen molar-refractivity contribution in [2.24, 2.45) is 0 Å². The summed E-state index contributed by atoms with van der Waals surface area (Å²) in [5.41, 5.74) is 0.0724. The molecule has 4 rings (SSSR count). The van der Waals surface area contributed by atoms with Crippen molar-refractivity contribution in [2.45, 2.75) is 51.0 Å². The molecule has 2 aliphatic heterocycles. The van der Waals surface area contributed by atoms with E-state index in [1.165, 1.54) is 25.3 Å². The van der Waals surface area contributed by atoms with Gasteiger partial charge in [0.25, 0.3) is 0 Å². The Kier molecular flexibility index (Phi) is 4.33. The molecule has 1 fully saturated rings. The van der Waals surface area contributed by atoms with Crippen LogP contribution in [0.3, 0.4) is 0 Å². The van der Waals surface area contributed by atoms with Crippen LogP contribution in [-0.4, -0.2) is 37.8 Å². The molecule has 0 unspecified atom stereocenters. The van der Waals surface area contributed by atoms with Crippen LogP contribution < -0.4 is 4.90 Å². The van der Waals surface area contributed by atoms with Crippen molar-refractivity contribution in [2.75, 3.05) is 18.0 Å². The lowest BCUT2D eigenvalue weighted by Crippen LogP contribution is -2.36. The van der Waals surface area contributed by atoms with E-state index in [4.69, 9.17) is 0 Å². The van der Waals surface area contributed by atoms with Crippen LogP contribution in [0.25, 0.3) is 0 Å². The molecule has 0 radical (unpaired) electrons. The fraction of sp³-hybridized carbons (Fsp3) is 0.588. The summed E-state index contributed by atoms with van der Waals surface area (Å²) in [4.78, 5) is 17.3. The van der Waals surface area contributed by atoms with Crippen molar-refractivity contribution in [1.29, 1.82) is 0 Å². The zero-order chi connectivity index (χ0) is 17.2. The van der Waals surface area contributed by atoms with E-state index in [2.05, 4.69) is 19.7 Å². The van der Waals surface area contributed by atoms with E-state index in [-0.39, 0.29) is 16.5 Å². The van der Waals surface area contributed by atoms with Crippen molar-refractivity contribution >= 4 is 11.5 Å². The van der Waals surface area contributed by atoms with Crippen molar-refractivity contribution in [1.82, 2.24) is 19.7 Å². The zero-order valence-corrected chi connectivity index (χ0v) is 14.2. The third-order valence-electron chi connectivity index (χ3n) is 5.19. The molecule has 0 saturated carbocycles. The van der Waals surface area contributed by atoms with Gasteiger partial charge >= 0.3 is 5.69 Å². The Hall–Kier alpha value is -2.51. The molecule has 2 aromatic heterocycles. The third-order valence-corrected chi connectivity index (χ3v) is 5.19. The molecule has 0 N–H and O–H groups in total. The first kappa shape index (κ1) is 16.0. The fourth-order valence-electron chi connectivity index (χ4n) is 3.96. The van der Waals surface area contributed by atoms with Crippen LogP contribution in [0.15, 0.2) is 18.3 Å². The highest BCUT2D eigenvalue weighted by molar-refractivity contribution is 5.57. The van der Waals surface area contributed by atoms with Crippen molar-refractivity contribution in [3.63, 3.8) is 0 Å². The maximum Gasteiger partial charge on any atom is 0.311 e. The summed E-state index contributed by atoms with van der Waals surface area (Å²) in [5, 5.41) is 20.2. The number of hydrogen-bond donors (Lipinski definition) is 0. The number of hydrogen-bond acceptors (Lipinski definition) is 6. The molecule has 4 heterocycles. The Labute approximate surface area is 146 Å². The highest BCUT2D eigenvalue weighted by atomic mass is 16.6. The van der Waals surface area contributed by atoms with E-state index < -0.39 is 0 Å². The summed E-state index contributed by atoms with van der Waals surface area (Å²) in [6, 6.07) is 3.14. The maximum absolute atomic E-state index is 11.3. The molecular formula is C17H22N6O2. The fourth-order valence-corrected chi connectivity index (χ4v) is 3.96. The molecule has 1 atom stereocenters. The third kappa shape index (κ3) is 3.08. The molecular weight excluding hydrogens is 320 g/mol. The number of anilines is 1. The molecule has 0 spiro atoms. The van der Waals surface area contributed by atoms with Gasteiger partial charge in [0.2, 0.25) is 5.82 Å². The minimum absolute atomic E-state index is 0.0724. The summed E-state index contributed by atoms with van der Waals surface area (Å²) < 4.78 is 2.29. The number of fused-ring (bicyclic) bond motifs is 1. The first-order chi connectivity index (χ1) is 12.2. The summed E-state index contributed by atoms with van der Waals surface area (Å²) in [5.74, 6) is 2.84. The molecule has 0 bridgehead atoms. The van der Waals surface area contributed by atoms with Crippen LogP contribution in [0.5, 0.6) is 0 Å². The lowest BCUT2D eigenvalue weighted by Gasteiger charge is -2.32. The predicted octanol–water partition coefficient (Wildman–Crippen LogP) is 2.69. The summed E-state index contributed by atoms with van der Waals surface area (Å²) in [6.07, 6.45) is 8.20. The van der Waals surface area contributed by atoms with Gasteiger partial charge in [-0.15, -0.1) is 10.2 Å². The molecule has 132 valence electrons. The zero-order valence-electron chi connectivity index (χ0n) is 14.2. The van der Waals surface area contributed by atoms with Gasteiger partial charge in [-0.1, -0.05) is 6.42 Å². The van der Waals surface area contributed by atoms with E-state index >= 15 is 0 Å². The highest BCUT2D eigenvalue weighted by Crippen LogP contribution is 2.33. The number of rotatable bonds is 3. The molecule has 8 heteroatoms. The Morgan fingerprint density at radius 1 is 1.16 bits per heavy atom. The second kappa shape index (κ2) is 6.78. The van der Waals surface area contributed by atoms with Gasteiger partial charge in [0, 0.05) is 44.2 Å². The number of nitro groups is 1. The van der Waals surface area contributed by atoms with E-state index in [1.54, 1.807) is 12.3 Å². The van der Waals surface area contributed by atoms with Crippen molar-refractivity contribution in [3.05, 3.63) is 40.1 Å². The second-order valence-electron chi connectivity index (χ2n) is 6.83. The van der Waals surface area contributed by atoms with Gasteiger partial charge in [-0.3, -0.25) is 10.1 Å². The number of aryl methyl sites for hydroxylation is 1. The number of pyridine rings is 1. The first-order valence-corrected chi connectivity index (χ1v) is 9.00. The van der Waals surface area contributed by atoms with Crippen molar-refractivity contribution < 1.29 is 4.92 Å². The lowest BCUT2D eigenvalue weighted by molar-refractivity contribution is -0.384. The Morgan fingerprint density at radius 2 is 2.08 bits per heavy atom. The minimum Gasteiger partial charge on any atom is -0.350 e. The van der Waals surface area contributed by atoms with Crippen LogP contribution in [-0.2, 0) is 13.0 Å². The average Bonchev–Trinajstić information content (AvgIpc) is 2.90. The topological polar surface area (TPSA) is 90.0 Å². The second-order valence-corrected chi connectivity index (χ2v) is 6.83. The Bertz CT molecular complexity index is 774.